The number of hydrogen-bond acceptors (Lipinski definition) is 2. The van der Waals surface area contributed by atoms with Crippen LogP contribution in [-0.2, 0) is 0 Å². The summed E-state index contributed by atoms with van der Waals surface area (Å²) in [6.07, 6.45) is 1.53. The molecule has 0 N–H and O–H groups in total. The lowest BCUT2D eigenvalue weighted by Gasteiger charge is -2.02. The van der Waals surface area contributed by atoms with Crippen LogP contribution in [0.15, 0.2) is 59.1 Å². The van der Waals surface area contributed by atoms with Gasteiger partial charge in [0.25, 0.3) is 0 Å². The molecule has 2 aromatic carbocycles. The van der Waals surface area contributed by atoms with Gasteiger partial charge in [-0.2, -0.15) is 0 Å². The third kappa shape index (κ3) is 1.83. The van der Waals surface area contributed by atoms with E-state index in [4.69, 9.17) is 8.53 Å². The monoisotopic (exact) mass is 276 g/mol. The van der Waals surface area contributed by atoms with E-state index in [-0.39, 0.29) is 5.56 Å². The molecule has 0 amide bonds. The van der Waals surface area contributed by atoms with Crippen molar-refractivity contribution in [1.82, 2.24) is 4.98 Å². The summed E-state index contributed by atoms with van der Waals surface area (Å²) < 4.78 is 28.9. The minimum absolute atomic E-state index is 0.275. The first kappa shape index (κ1) is 9.35. The molecule has 2 heteroatoms. The van der Waals surface area contributed by atoms with Crippen LogP contribution in [0.2, 0.25) is 0 Å². The van der Waals surface area contributed by atoms with E-state index in [1.807, 2.05) is 43.3 Å². The molecule has 0 saturated heterocycles. The Kier molecular flexibility index (Phi) is 1.98. The lowest BCUT2D eigenvalue weighted by molar-refractivity contribution is 0.666. The number of para-hydroxylation sites is 2. The van der Waals surface area contributed by atoms with Gasteiger partial charge in [0.1, 0.15) is 11.2 Å². The van der Waals surface area contributed by atoms with Gasteiger partial charge in [0.05, 0.1) is 5.69 Å². The normalized spacial score (nSPS) is 14.0. The summed E-state index contributed by atoms with van der Waals surface area (Å²) in [5, 5.41) is 2.06. The fourth-order valence-electron chi connectivity index (χ4n) is 2.74. The standard InChI is InChI=1S/C19H15NO/c1-12-9-10-20-17(11-12)16-8-4-7-15-14-6-3-5-13(2)18(14)21-19(15)16/h3-11H,1-2H3/i1D3. The maximum atomic E-state index is 7.59. The zero-order valence-corrected chi connectivity index (χ0v) is 11.6. The maximum Gasteiger partial charge on any atom is 0.144 e. The largest absolute Gasteiger partial charge is 0.455 e. The van der Waals surface area contributed by atoms with Crippen LogP contribution in [-0.4, -0.2) is 4.98 Å². The van der Waals surface area contributed by atoms with Crippen LogP contribution in [0, 0.1) is 13.8 Å². The number of nitrogens with zero attached hydrogens (tertiary/aromatic N) is 1. The zero-order valence-electron chi connectivity index (χ0n) is 14.6. The van der Waals surface area contributed by atoms with E-state index in [9.17, 15) is 0 Å². The van der Waals surface area contributed by atoms with Crippen LogP contribution in [0.4, 0.5) is 0 Å². The Morgan fingerprint density at radius 3 is 2.67 bits per heavy atom. The summed E-state index contributed by atoms with van der Waals surface area (Å²) in [5.41, 5.74) is 4.33. The van der Waals surface area contributed by atoms with E-state index < -0.39 is 6.85 Å². The Bertz CT molecular complexity index is 1060. The van der Waals surface area contributed by atoms with Crippen molar-refractivity contribution in [3.8, 4) is 11.3 Å². The second kappa shape index (κ2) is 4.45. The van der Waals surface area contributed by atoms with E-state index in [1.54, 1.807) is 6.07 Å². The summed E-state index contributed by atoms with van der Waals surface area (Å²) in [6.45, 7) is -0.145. The predicted molar refractivity (Wildman–Crippen MR) is 86.4 cm³/mol. The highest BCUT2D eigenvalue weighted by molar-refractivity contribution is 6.09. The molecule has 0 radical (unpaired) electrons. The van der Waals surface area contributed by atoms with Crippen molar-refractivity contribution < 1.29 is 8.53 Å². The predicted octanol–water partition coefficient (Wildman–Crippen LogP) is 5.26. The van der Waals surface area contributed by atoms with Gasteiger partial charge in [-0.25, -0.2) is 0 Å². The lowest BCUT2D eigenvalue weighted by Crippen LogP contribution is -1.84. The molecule has 0 aliphatic rings. The first-order chi connectivity index (χ1) is 11.4. The zero-order chi connectivity index (χ0) is 16.9. The number of hydrogen-bond donors (Lipinski definition) is 0. The molecule has 102 valence electrons. The minimum atomic E-state index is -2.16. The highest BCUT2D eigenvalue weighted by Crippen LogP contribution is 2.36. The second-order valence-corrected chi connectivity index (χ2v) is 5.17. The van der Waals surface area contributed by atoms with Gasteiger partial charge in [-0.15, -0.1) is 0 Å². The molecule has 2 nitrogen and oxygen atoms in total. The summed E-state index contributed by atoms with van der Waals surface area (Å²) in [4.78, 5) is 4.36. The van der Waals surface area contributed by atoms with E-state index in [0.717, 1.165) is 33.1 Å². The third-order valence-corrected chi connectivity index (χ3v) is 3.76. The molecule has 0 bridgehead atoms. The number of furan rings is 1. The summed E-state index contributed by atoms with van der Waals surface area (Å²) in [7, 11) is 0. The molecule has 2 aromatic heterocycles. The van der Waals surface area contributed by atoms with Crippen molar-refractivity contribution >= 4 is 21.9 Å². The molecule has 0 spiro atoms. The number of aryl methyl sites for hydroxylation is 2. The van der Waals surface area contributed by atoms with Crippen LogP contribution < -0.4 is 0 Å². The molecule has 4 aromatic rings. The molecule has 21 heavy (non-hydrogen) atoms. The molecule has 0 aliphatic carbocycles. The van der Waals surface area contributed by atoms with Crippen molar-refractivity contribution in [3.05, 3.63) is 65.9 Å². The number of aromatic nitrogens is 1. The van der Waals surface area contributed by atoms with Gasteiger partial charge < -0.3 is 4.42 Å². The second-order valence-electron chi connectivity index (χ2n) is 5.17. The van der Waals surface area contributed by atoms with Gasteiger partial charge in [0.2, 0.25) is 0 Å². The molecule has 0 aliphatic heterocycles. The highest BCUT2D eigenvalue weighted by Gasteiger charge is 2.13. The Morgan fingerprint density at radius 2 is 1.81 bits per heavy atom. The maximum absolute atomic E-state index is 7.59. The number of pyridine rings is 1. The van der Waals surface area contributed by atoms with E-state index >= 15 is 0 Å². The van der Waals surface area contributed by atoms with Gasteiger partial charge in [-0.1, -0.05) is 30.3 Å². The summed E-state index contributed by atoms with van der Waals surface area (Å²) >= 11 is 0. The topological polar surface area (TPSA) is 26.0 Å². The molecule has 2 heterocycles. The smallest absolute Gasteiger partial charge is 0.144 e. The van der Waals surface area contributed by atoms with Crippen molar-refractivity contribution in [2.75, 3.05) is 0 Å². The third-order valence-electron chi connectivity index (χ3n) is 3.76. The fourth-order valence-corrected chi connectivity index (χ4v) is 2.74. The quantitative estimate of drug-likeness (QED) is 0.473. The highest BCUT2D eigenvalue weighted by atomic mass is 16.3. The molecule has 0 fully saturated rings. The van der Waals surface area contributed by atoms with Gasteiger partial charge in [-0.05, 0) is 43.1 Å². The fraction of sp³-hybridized carbons (Fsp3) is 0.105. The average Bonchev–Trinajstić information content (AvgIpc) is 2.94. The van der Waals surface area contributed by atoms with Crippen molar-refractivity contribution in [3.63, 3.8) is 0 Å². The first-order valence-electron chi connectivity index (χ1n) is 8.33. The van der Waals surface area contributed by atoms with Crippen LogP contribution in [0.5, 0.6) is 0 Å². The molecule has 4 rings (SSSR count). The van der Waals surface area contributed by atoms with Crippen molar-refractivity contribution in [1.29, 1.82) is 0 Å². The first-order valence-corrected chi connectivity index (χ1v) is 6.83. The van der Waals surface area contributed by atoms with Gasteiger partial charge >= 0.3 is 0 Å². The van der Waals surface area contributed by atoms with Crippen molar-refractivity contribution in [2.24, 2.45) is 0 Å². The van der Waals surface area contributed by atoms with E-state index in [1.165, 1.54) is 12.3 Å². The van der Waals surface area contributed by atoms with Gasteiger partial charge in [-0.3, -0.25) is 4.98 Å². The molecule has 0 atom stereocenters. The molecular weight excluding hydrogens is 258 g/mol. The number of fused-ring (bicyclic) bond motifs is 3. The van der Waals surface area contributed by atoms with Gasteiger partial charge in [0.15, 0.2) is 0 Å². The van der Waals surface area contributed by atoms with Crippen LogP contribution in [0.1, 0.15) is 15.2 Å². The Labute approximate surface area is 127 Å². The Hall–Kier alpha value is -2.61. The van der Waals surface area contributed by atoms with Gasteiger partial charge in [0, 0.05) is 26.6 Å². The lowest BCUT2D eigenvalue weighted by atomic mass is 10.0. The van der Waals surface area contributed by atoms with Crippen LogP contribution >= 0.6 is 0 Å². The number of benzene rings is 2. The van der Waals surface area contributed by atoms with E-state index in [2.05, 4.69) is 4.98 Å². The molecule has 0 saturated carbocycles. The van der Waals surface area contributed by atoms with Crippen molar-refractivity contribution in [2.45, 2.75) is 13.8 Å². The number of rotatable bonds is 1. The van der Waals surface area contributed by atoms with E-state index in [0.29, 0.717) is 5.69 Å². The van der Waals surface area contributed by atoms with Crippen LogP contribution in [0.3, 0.4) is 0 Å². The Balaban J connectivity index is 2.01. The SMILES string of the molecule is [2H]C([2H])([2H])c1ccnc(-c2cccc3c2oc2c(C)cccc23)c1. The Morgan fingerprint density at radius 1 is 1.00 bits per heavy atom. The summed E-state index contributed by atoms with van der Waals surface area (Å²) in [5.74, 6) is 0. The molecular formula is C19H15NO. The molecule has 0 unspecified atom stereocenters. The minimum Gasteiger partial charge on any atom is -0.455 e. The average molecular weight is 276 g/mol. The van der Waals surface area contributed by atoms with Crippen LogP contribution in [0.25, 0.3) is 33.2 Å². The summed E-state index contributed by atoms with van der Waals surface area (Å²) in [6, 6.07) is 15.1.